The van der Waals surface area contributed by atoms with Gasteiger partial charge in [-0.2, -0.15) is 0 Å². The number of ether oxygens (including phenoxy) is 1. The van der Waals surface area contributed by atoms with Gasteiger partial charge in [0.05, 0.1) is 22.8 Å². The molecule has 118 valence electrons. The molecule has 3 aromatic carbocycles. The van der Waals surface area contributed by atoms with Crippen LogP contribution in [0.15, 0.2) is 60.1 Å². The number of nitrogens with one attached hydrogen (secondary N) is 1. The molecule has 1 aromatic heterocycles. The number of carbonyl (C=O) groups is 1. The van der Waals surface area contributed by atoms with Crippen molar-refractivity contribution >= 4 is 43.9 Å². The molecule has 0 aliphatic carbocycles. The first kappa shape index (κ1) is 14.7. The summed E-state index contributed by atoms with van der Waals surface area (Å²) in [7, 11) is 1.63. The van der Waals surface area contributed by atoms with E-state index in [4.69, 9.17) is 4.74 Å². The zero-order chi connectivity index (χ0) is 16.5. The number of thiazole rings is 1. The van der Waals surface area contributed by atoms with Crippen LogP contribution in [-0.4, -0.2) is 18.0 Å². The van der Waals surface area contributed by atoms with E-state index in [1.165, 1.54) is 11.3 Å². The summed E-state index contributed by atoms with van der Waals surface area (Å²) >= 11 is 1.52. The number of fused-ring (bicyclic) bond motifs is 2. The Bertz CT molecular complexity index is 1060. The summed E-state index contributed by atoms with van der Waals surface area (Å²) in [6.45, 7) is 0. The summed E-state index contributed by atoms with van der Waals surface area (Å²) in [6.07, 6.45) is 0. The van der Waals surface area contributed by atoms with E-state index in [0.29, 0.717) is 11.3 Å². The molecule has 4 nitrogen and oxygen atoms in total. The van der Waals surface area contributed by atoms with Gasteiger partial charge in [0.25, 0.3) is 5.91 Å². The van der Waals surface area contributed by atoms with Crippen LogP contribution in [0.1, 0.15) is 10.4 Å². The quantitative estimate of drug-likeness (QED) is 0.590. The zero-order valence-electron chi connectivity index (χ0n) is 12.9. The predicted octanol–water partition coefficient (Wildman–Crippen LogP) is 4.71. The van der Waals surface area contributed by atoms with E-state index in [-0.39, 0.29) is 5.91 Å². The summed E-state index contributed by atoms with van der Waals surface area (Å²) in [5.41, 5.74) is 4.00. The van der Waals surface area contributed by atoms with Crippen LogP contribution < -0.4 is 10.1 Å². The standard InChI is InChI=1S/C19H14N2O2S/c1-23-17-10-14(8-12-4-2-3-5-15(12)17)21-19(22)13-6-7-16-18(9-13)24-11-20-16/h2-11H,1H3,(H,21,22). The van der Waals surface area contributed by atoms with E-state index in [9.17, 15) is 4.79 Å². The number of aromatic nitrogens is 1. The number of amides is 1. The molecular weight excluding hydrogens is 320 g/mol. The van der Waals surface area contributed by atoms with Crippen molar-refractivity contribution in [3.63, 3.8) is 0 Å². The Hall–Kier alpha value is -2.92. The van der Waals surface area contributed by atoms with Crippen molar-refractivity contribution in [2.75, 3.05) is 12.4 Å². The minimum atomic E-state index is -0.150. The van der Waals surface area contributed by atoms with Gasteiger partial charge in [-0.1, -0.05) is 24.3 Å². The van der Waals surface area contributed by atoms with Crippen LogP contribution in [0.4, 0.5) is 5.69 Å². The van der Waals surface area contributed by atoms with Crippen molar-refractivity contribution in [1.82, 2.24) is 4.98 Å². The molecule has 0 aliphatic heterocycles. The fraction of sp³-hybridized carbons (Fsp3) is 0.0526. The van der Waals surface area contributed by atoms with Crippen molar-refractivity contribution in [3.8, 4) is 5.75 Å². The second-order valence-electron chi connectivity index (χ2n) is 5.39. The van der Waals surface area contributed by atoms with E-state index < -0.39 is 0 Å². The van der Waals surface area contributed by atoms with E-state index in [2.05, 4.69) is 10.3 Å². The van der Waals surface area contributed by atoms with Gasteiger partial charge in [-0.05, 0) is 29.7 Å². The third kappa shape index (κ3) is 2.59. The first-order chi connectivity index (χ1) is 11.7. The molecule has 0 fully saturated rings. The number of methoxy groups -OCH3 is 1. The fourth-order valence-electron chi connectivity index (χ4n) is 2.72. The lowest BCUT2D eigenvalue weighted by atomic mass is 10.1. The molecule has 0 unspecified atom stereocenters. The van der Waals surface area contributed by atoms with Crippen LogP contribution in [0.25, 0.3) is 21.0 Å². The van der Waals surface area contributed by atoms with Crippen LogP contribution >= 0.6 is 11.3 Å². The highest BCUT2D eigenvalue weighted by atomic mass is 32.1. The van der Waals surface area contributed by atoms with Gasteiger partial charge in [-0.25, -0.2) is 4.98 Å². The molecule has 24 heavy (non-hydrogen) atoms. The minimum Gasteiger partial charge on any atom is -0.496 e. The van der Waals surface area contributed by atoms with E-state index >= 15 is 0 Å². The maximum Gasteiger partial charge on any atom is 0.255 e. The molecule has 0 radical (unpaired) electrons. The molecular formula is C19H14N2O2S. The normalized spacial score (nSPS) is 10.9. The van der Waals surface area contributed by atoms with Gasteiger partial charge in [0.2, 0.25) is 0 Å². The van der Waals surface area contributed by atoms with Crippen LogP contribution in [-0.2, 0) is 0 Å². The van der Waals surface area contributed by atoms with Crippen molar-refractivity contribution in [3.05, 3.63) is 65.7 Å². The highest BCUT2D eigenvalue weighted by Gasteiger charge is 2.10. The molecule has 0 saturated heterocycles. The Morgan fingerprint density at radius 1 is 1.12 bits per heavy atom. The van der Waals surface area contributed by atoms with E-state index in [0.717, 1.165) is 26.7 Å². The molecule has 1 amide bonds. The topological polar surface area (TPSA) is 51.2 Å². The van der Waals surface area contributed by atoms with Crippen molar-refractivity contribution in [1.29, 1.82) is 0 Å². The monoisotopic (exact) mass is 334 g/mol. The third-order valence-corrected chi connectivity index (χ3v) is 4.69. The number of hydrogen-bond donors (Lipinski definition) is 1. The highest BCUT2D eigenvalue weighted by molar-refractivity contribution is 7.16. The Balaban J connectivity index is 1.69. The number of benzene rings is 3. The Labute approximate surface area is 142 Å². The minimum absolute atomic E-state index is 0.150. The number of rotatable bonds is 3. The van der Waals surface area contributed by atoms with Gasteiger partial charge in [0.1, 0.15) is 5.75 Å². The Morgan fingerprint density at radius 3 is 2.88 bits per heavy atom. The van der Waals surface area contributed by atoms with Gasteiger partial charge in [0.15, 0.2) is 0 Å². The van der Waals surface area contributed by atoms with Crippen molar-refractivity contribution in [2.45, 2.75) is 0 Å². The van der Waals surface area contributed by atoms with Gasteiger partial charge in [-0.15, -0.1) is 11.3 Å². The van der Waals surface area contributed by atoms with Crippen LogP contribution in [0, 0.1) is 0 Å². The summed E-state index contributed by atoms with van der Waals surface area (Å²) in [5.74, 6) is 0.587. The first-order valence-electron chi connectivity index (χ1n) is 7.46. The zero-order valence-corrected chi connectivity index (χ0v) is 13.8. The lowest BCUT2D eigenvalue weighted by Crippen LogP contribution is -2.11. The Kier molecular flexibility index (Phi) is 3.63. The fourth-order valence-corrected chi connectivity index (χ4v) is 3.43. The maximum atomic E-state index is 12.5. The van der Waals surface area contributed by atoms with Crippen LogP contribution in [0.3, 0.4) is 0 Å². The van der Waals surface area contributed by atoms with E-state index in [1.54, 1.807) is 18.7 Å². The number of anilines is 1. The lowest BCUT2D eigenvalue weighted by molar-refractivity contribution is 0.102. The molecule has 0 bridgehead atoms. The second-order valence-corrected chi connectivity index (χ2v) is 6.27. The maximum absolute atomic E-state index is 12.5. The molecule has 0 atom stereocenters. The summed E-state index contributed by atoms with van der Waals surface area (Å²) < 4.78 is 6.44. The third-order valence-electron chi connectivity index (χ3n) is 3.90. The number of hydrogen-bond acceptors (Lipinski definition) is 4. The molecule has 0 spiro atoms. The second kappa shape index (κ2) is 5.94. The highest BCUT2D eigenvalue weighted by Crippen LogP contribution is 2.30. The van der Waals surface area contributed by atoms with Gasteiger partial charge in [-0.3, -0.25) is 4.79 Å². The Morgan fingerprint density at radius 2 is 2.00 bits per heavy atom. The van der Waals surface area contributed by atoms with Crippen LogP contribution in [0.5, 0.6) is 5.75 Å². The smallest absolute Gasteiger partial charge is 0.255 e. The molecule has 5 heteroatoms. The molecule has 4 rings (SSSR count). The summed E-state index contributed by atoms with van der Waals surface area (Å²) in [4.78, 5) is 16.8. The largest absolute Gasteiger partial charge is 0.496 e. The summed E-state index contributed by atoms with van der Waals surface area (Å²) in [5, 5.41) is 4.98. The average Bonchev–Trinajstić information content (AvgIpc) is 3.08. The van der Waals surface area contributed by atoms with Crippen molar-refractivity contribution in [2.24, 2.45) is 0 Å². The van der Waals surface area contributed by atoms with E-state index in [1.807, 2.05) is 48.5 Å². The predicted molar refractivity (Wildman–Crippen MR) is 98.1 cm³/mol. The molecule has 0 saturated carbocycles. The van der Waals surface area contributed by atoms with Crippen molar-refractivity contribution < 1.29 is 9.53 Å². The van der Waals surface area contributed by atoms with Gasteiger partial charge >= 0.3 is 0 Å². The average molecular weight is 334 g/mol. The summed E-state index contributed by atoms with van der Waals surface area (Å²) in [6, 6.07) is 17.2. The SMILES string of the molecule is COc1cc(NC(=O)c2ccc3ncsc3c2)cc2ccccc12. The van der Waals surface area contributed by atoms with Gasteiger partial charge in [0, 0.05) is 22.7 Å². The van der Waals surface area contributed by atoms with Crippen LogP contribution in [0.2, 0.25) is 0 Å². The molecule has 4 aromatic rings. The molecule has 1 heterocycles. The first-order valence-corrected chi connectivity index (χ1v) is 8.34. The number of nitrogens with zero attached hydrogens (tertiary/aromatic N) is 1. The van der Waals surface area contributed by atoms with Gasteiger partial charge < -0.3 is 10.1 Å². The number of carbonyl (C=O) groups excluding carboxylic acids is 1. The molecule has 1 N–H and O–H groups in total. The molecule has 0 aliphatic rings. The lowest BCUT2D eigenvalue weighted by Gasteiger charge is -2.10.